The molecular formula is C10H16N4O. The zero-order valence-electron chi connectivity index (χ0n) is 9.00. The molecule has 5 heteroatoms. The molecule has 0 saturated heterocycles. The van der Waals surface area contributed by atoms with Gasteiger partial charge in [0, 0.05) is 31.5 Å². The van der Waals surface area contributed by atoms with Crippen molar-refractivity contribution in [3.8, 4) is 0 Å². The van der Waals surface area contributed by atoms with Crippen molar-refractivity contribution >= 4 is 17.4 Å². The second-order valence-corrected chi connectivity index (χ2v) is 2.99. The predicted octanol–water partition coefficient (Wildman–Crippen LogP) is 0.671. The van der Waals surface area contributed by atoms with Crippen LogP contribution in [0.4, 0.5) is 11.5 Å². The Morgan fingerprint density at radius 2 is 2.33 bits per heavy atom. The van der Waals surface area contributed by atoms with Crippen LogP contribution in [-0.2, 0) is 4.79 Å². The quantitative estimate of drug-likeness (QED) is 0.665. The Balaban J connectivity index is 2.46. The van der Waals surface area contributed by atoms with Gasteiger partial charge in [-0.2, -0.15) is 0 Å². The van der Waals surface area contributed by atoms with Gasteiger partial charge in [-0.3, -0.25) is 4.79 Å². The Morgan fingerprint density at radius 1 is 1.53 bits per heavy atom. The van der Waals surface area contributed by atoms with E-state index in [2.05, 4.69) is 20.9 Å². The summed E-state index contributed by atoms with van der Waals surface area (Å²) in [5.74, 6) is 0.760. The standard InChI is InChI=1S/C10H16N4O/c1-3-12-10(15)7-14-8-4-5-13-9(6-8)11-2/h4-6H,3,7H2,1-2H3,(H,12,15)(H2,11,13,14). The molecule has 0 bridgehead atoms. The van der Waals surface area contributed by atoms with Gasteiger partial charge in [-0.1, -0.05) is 0 Å². The van der Waals surface area contributed by atoms with Gasteiger partial charge in [0.05, 0.1) is 6.54 Å². The van der Waals surface area contributed by atoms with E-state index in [-0.39, 0.29) is 12.5 Å². The van der Waals surface area contributed by atoms with Crippen LogP contribution in [0.5, 0.6) is 0 Å². The number of rotatable bonds is 5. The van der Waals surface area contributed by atoms with Crippen molar-refractivity contribution in [3.63, 3.8) is 0 Å². The van der Waals surface area contributed by atoms with Crippen molar-refractivity contribution in [3.05, 3.63) is 18.3 Å². The molecular weight excluding hydrogens is 192 g/mol. The zero-order valence-corrected chi connectivity index (χ0v) is 9.00. The molecule has 1 heterocycles. The molecule has 0 atom stereocenters. The van der Waals surface area contributed by atoms with E-state index in [1.807, 2.05) is 19.1 Å². The van der Waals surface area contributed by atoms with E-state index < -0.39 is 0 Å². The fourth-order valence-electron chi connectivity index (χ4n) is 1.12. The molecule has 1 amide bonds. The van der Waals surface area contributed by atoms with Gasteiger partial charge in [0.15, 0.2) is 0 Å². The highest BCUT2D eigenvalue weighted by molar-refractivity contribution is 5.80. The lowest BCUT2D eigenvalue weighted by Gasteiger charge is -2.07. The van der Waals surface area contributed by atoms with Crippen molar-refractivity contribution in [1.29, 1.82) is 0 Å². The Morgan fingerprint density at radius 3 is 3.00 bits per heavy atom. The Hall–Kier alpha value is -1.78. The topological polar surface area (TPSA) is 66.0 Å². The van der Waals surface area contributed by atoms with Gasteiger partial charge in [-0.15, -0.1) is 0 Å². The molecule has 1 rings (SSSR count). The highest BCUT2D eigenvalue weighted by Crippen LogP contribution is 2.10. The van der Waals surface area contributed by atoms with Crippen LogP contribution < -0.4 is 16.0 Å². The average molecular weight is 208 g/mol. The van der Waals surface area contributed by atoms with Gasteiger partial charge in [0.25, 0.3) is 0 Å². The van der Waals surface area contributed by atoms with Crippen LogP contribution in [0.2, 0.25) is 0 Å². The molecule has 0 spiro atoms. The summed E-state index contributed by atoms with van der Waals surface area (Å²) in [6, 6.07) is 3.67. The summed E-state index contributed by atoms with van der Waals surface area (Å²) in [6.45, 7) is 2.82. The summed E-state index contributed by atoms with van der Waals surface area (Å²) >= 11 is 0. The van der Waals surface area contributed by atoms with Crippen LogP contribution in [0.15, 0.2) is 18.3 Å². The lowest BCUT2D eigenvalue weighted by Crippen LogP contribution is -2.29. The number of carbonyl (C=O) groups is 1. The van der Waals surface area contributed by atoms with E-state index in [0.717, 1.165) is 11.5 Å². The number of likely N-dealkylation sites (N-methyl/N-ethyl adjacent to an activating group) is 1. The van der Waals surface area contributed by atoms with Crippen molar-refractivity contribution < 1.29 is 4.79 Å². The number of hydrogen-bond acceptors (Lipinski definition) is 4. The summed E-state index contributed by atoms with van der Waals surface area (Å²) in [5, 5.41) is 8.65. The lowest BCUT2D eigenvalue weighted by molar-refractivity contribution is -0.119. The van der Waals surface area contributed by atoms with Crippen molar-refractivity contribution in [1.82, 2.24) is 10.3 Å². The average Bonchev–Trinajstić information content (AvgIpc) is 2.27. The minimum Gasteiger partial charge on any atom is -0.376 e. The molecule has 0 saturated carbocycles. The van der Waals surface area contributed by atoms with Gasteiger partial charge in [0.1, 0.15) is 5.82 Å². The highest BCUT2D eigenvalue weighted by atomic mass is 16.1. The second kappa shape index (κ2) is 5.85. The van der Waals surface area contributed by atoms with Crippen LogP contribution in [0.1, 0.15) is 6.92 Å². The smallest absolute Gasteiger partial charge is 0.239 e. The van der Waals surface area contributed by atoms with Crippen LogP contribution in [-0.4, -0.2) is 31.0 Å². The van der Waals surface area contributed by atoms with Crippen LogP contribution >= 0.6 is 0 Å². The number of pyridine rings is 1. The van der Waals surface area contributed by atoms with Gasteiger partial charge >= 0.3 is 0 Å². The van der Waals surface area contributed by atoms with Crippen LogP contribution in [0.25, 0.3) is 0 Å². The highest BCUT2D eigenvalue weighted by Gasteiger charge is 1.99. The summed E-state index contributed by atoms with van der Waals surface area (Å²) in [5.41, 5.74) is 0.876. The van der Waals surface area contributed by atoms with E-state index in [9.17, 15) is 4.79 Å². The first-order valence-electron chi connectivity index (χ1n) is 4.90. The first-order chi connectivity index (χ1) is 7.26. The molecule has 15 heavy (non-hydrogen) atoms. The number of nitrogens with zero attached hydrogens (tertiary/aromatic N) is 1. The lowest BCUT2D eigenvalue weighted by atomic mass is 10.3. The Bertz CT molecular complexity index is 327. The third-order valence-corrected chi connectivity index (χ3v) is 1.84. The molecule has 1 aromatic rings. The van der Waals surface area contributed by atoms with Crippen molar-refractivity contribution in [2.45, 2.75) is 6.92 Å². The number of nitrogens with one attached hydrogen (secondary N) is 3. The molecule has 3 N–H and O–H groups in total. The molecule has 0 aliphatic heterocycles. The van der Waals surface area contributed by atoms with Crippen molar-refractivity contribution in [2.75, 3.05) is 30.8 Å². The third-order valence-electron chi connectivity index (χ3n) is 1.84. The van der Waals surface area contributed by atoms with E-state index in [4.69, 9.17) is 0 Å². The number of anilines is 2. The third kappa shape index (κ3) is 3.84. The Labute approximate surface area is 89.3 Å². The molecule has 0 aliphatic rings. The normalized spacial score (nSPS) is 9.47. The molecule has 0 radical (unpaired) electrons. The van der Waals surface area contributed by atoms with Gasteiger partial charge in [0.2, 0.25) is 5.91 Å². The van der Waals surface area contributed by atoms with E-state index in [1.165, 1.54) is 0 Å². The first kappa shape index (κ1) is 11.3. The molecule has 5 nitrogen and oxygen atoms in total. The van der Waals surface area contributed by atoms with E-state index in [1.54, 1.807) is 13.2 Å². The van der Waals surface area contributed by atoms with Gasteiger partial charge in [-0.05, 0) is 13.0 Å². The minimum absolute atomic E-state index is 0.0136. The minimum atomic E-state index is -0.0136. The first-order valence-corrected chi connectivity index (χ1v) is 4.90. The molecule has 0 fully saturated rings. The SMILES string of the molecule is CCNC(=O)CNc1ccnc(NC)c1. The van der Waals surface area contributed by atoms with Crippen LogP contribution in [0.3, 0.4) is 0 Å². The molecule has 0 aliphatic carbocycles. The Kier molecular flexibility index (Phi) is 4.40. The number of carbonyl (C=O) groups excluding carboxylic acids is 1. The molecule has 82 valence electrons. The zero-order chi connectivity index (χ0) is 11.1. The maximum absolute atomic E-state index is 11.2. The fourth-order valence-corrected chi connectivity index (χ4v) is 1.12. The molecule has 1 aromatic heterocycles. The number of amides is 1. The second-order valence-electron chi connectivity index (χ2n) is 2.99. The summed E-state index contributed by atoms with van der Waals surface area (Å²) < 4.78 is 0. The number of hydrogen-bond donors (Lipinski definition) is 3. The van der Waals surface area contributed by atoms with E-state index >= 15 is 0 Å². The van der Waals surface area contributed by atoms with Crippen LogP contribution in [0, 0.1) is 0 Å². The predicted molar refractivity (Wildman–Crippen MR) is 61.0 cm³/mol. The van der Waals surface area contributed by atoms with Gasteiger partial charge in [-0.25, -0.2) is 4.98 Å². The van der Waals surface area contributed by atoms with E-state index in [0.29, 0.717) is 6.54 Å². The molecule has 0 aromatic carbocycles. The fraction of sp³-hybridized carbons (Fsp3) is 0.400. The monoisotopic (exact) mass is 208 g/mol. The summed E-state index contributed by atoms with van der Waals surface area (Å²) in [6.07, 6.45) is 1.69. The summed E-state index contributed by atoms with van der Waals surface area (Å²) in [4.78, 5) is 15.2. The molecule has 0 unspecified atom stereocenters. The summed E-state index contributed by atoms with van der Waals surface area (Å²) in [7, 11) is 1.80. The largest absolute Gasteiger partial charge is 0.376 e. The maximum Gasteiger partial charge on any atom is 0.239 e. The van der Waals surface area contributed by atoms with Gasteiger partial charge < -0.3 is 16.0 Å². The van der Waals surface area contributed by atoms with Crippen molar-refractivity contribution in [2.24, 2.45) is 0 Å². The maximum atomic E-state index is 11.2. The number of aromatic nitrogens is 1.